The van der Waals surface area contributed by atoms with E-state index in [0.29, 0.717) is 25.8 Å². The summed E-state index contributed by atoms with van der Waals surface area (Å²) in [6.45, 7) is 4.40. The van der Waals surface area contributed by atoms with E-state index in [4.69, 9.17) is 14.6 Å². The number of nitrogens with zero attached hydrogens (tertiary/aromatic N) is 3. The number of carbonyl (C=O) groups is 2. The van der Waals surface area contributed by atoms with Crippen LogP contribution < -0.4 is 10.2 Å². The van der Waals surface area contributed by atoms with Crippen molar-refractivity contribution in [3.8, 4) is 11.1 Å². The Bertz CT molecular complexity index is 1880. The van der Waals surface area contributed by atoms with E-state index < -0.39 is 12.3 Å². The first-order valence-corrected chi connectivity index (χ1v) is 19.1. The number of piperazine rings is 1. The topological polar surface area (TPSA) is 155 Å². The minimum Gasteiger partial charge on any atom is -0.481 e. The zero-order chi connectivity index (χ0) is 38.6. The lowest BCUT2D eigenvalue weighted by Gasteiger charge is -2.41. The maximum Gasteiger partial charge on any atom is 0.303 e. The van der Waals surface area contributed by atoms with Gasteiger partial charge in [-0.2, -0.15) is 0 Å². The molecule has 0 unspecified atom stereocenters. The average Bonchev–Trinajstić information content (AvgIpc) is 3.21. The lowest BCUT2D eigenvalue weighted by Crippen LogP contribution is -2.49. The van der Waals surface area contributed by atoms with Gasteiger partial charge in [-0.05, 0) is 64.9 Å². The first-order valence-electron chi connectivity index (χ1n) is 19.1. The molecule has 3 atom stereocenters. The van der Waals surface area contributed by atoms with Crippen LogP contribution in [0.3, 0.4) is 0 Å². The van der Waals surface area contributed by atoms with Gasteiger partial charge in [-0.15, -0.1) is 0 Å². The molecule has 290 valence electrons. The highest BCUT2D eigenvalue weighted by atomic mass is 16.7. The van der Waals surface area contributed by atoms with Crippen LogP contribution in [0, 0.1) is 10.1 Å². The molecule has 2 saturated heterocycles. The van der Waals surface area contributed by atoms with Gasteiger partial charge in [0, 0.05) is 81.9 Å². The number of ether oxygens (including phenoxy) is 2. The molecule has 55 heavy (non-hydrogen) atoms. The first kappa shape index (κ1) is 39.6. The van der Waals surface area contributed by atoms with Gasteiger partial charge in [0.15, 0.2) is 6.29 Å². The summed E-state index contributed by atoms with van der Waals surface area (Å²) in [5, 5.41) is 32.5. The van der Waals surface area contributed by atoms with Crippen molar-refractivity contribution < 1.29 is 34.2 Å². The van der Waals surface area contributed by atoms with Crippen LogP contribution >= 0.6 is 0 Å². The third-order valence-electron chi connectivity index (χ3n) is 10.3. The number of amides is 1. The minimum atomic E-state index is -0.784. The second-order valence-electron chi connectivity index (χ2n) is 14.3. The molecule has 2 aliphatic rings. The molecule has 12 nitrogen and oxygen atoms in total. The fraction of sp³-hybridized carbons (Fsp3) is 0.395. The van der Waals surface area contributed by atoms with Gasteiger partial charge in [0.2, 0.25) is 5.91 Å². The summed E-state index contributed by atoms with van der Waals surface area (Å²) in [7, 11) is 0. The number of nitro groups is 1. The Morgan fingerprint density at radius 3 is 2.16 bits per heavy atom. The molecule has 0 aliphatic carbocycles. The number of hydrogen-bond donors (Lipinski definition) is 3. The summed E-state index contributed by atoms with van der Waals surface area (Å²) in [4.78, 5) is 38.5. The Labute approximate surface area is 321 Å². The van der Waals surface area contributed by atoms with Gasteiger partial charge in [-0.25, -0.2) is 0 Å². The van der Waals surface area contributed by atoms with E-state index in [1.807, 2.05) is 60.7 Å². The second-order valence-corrected chi connectivity index (χ2v) is 14.3. The summed E-state index contributed by atoms with van der Waals surface area (Å²) in [5.41, 5.74) is 6.86. The van der Waals surface area contributed by atoms with E-state index in [0.717, 1.165) is 91.1 Å². The van der Waals surface area contributed by atoms with Gasteiger partial charge in [-0.3, -0.25) is 24.6 Å². The Kier molecular flexibility index (Phi) is 14.0. The van der Waals surface area contributed by atoms with Gasteiger partial charge in [0.1, 0.15) is 0 Å². The maximum absolute atomic E-state index is 12.5. The van der Waals surface area contributed by atoms with Crippen molar-refractivity contribution in [2.75, 3.05) is 37.6 Å². The summed E-state index contributed by atoms with van der Waals surface area (Å²) in [5.74, 6) is -0.799. The Morgan fingerprint density at radius 2 is 1.47 bits per heavy atom. The third kappa shape index (κ3) is 11.4. The number of nitro benzene ring substituents is 1. The third-order valence-corrected chi connectivity index (χ3v) is 10.3. The molecule has 6 rings (SSSR count). The van der Waals surface area contributed by atoms with Gasteiger partial charge >= 0.3 is 5.97 Å². The molecule has 3 N–H and O–H groups in total. The van der Waals surface area contributed by atoms with Crippen molar-refractivity contribution in [1.29, 1.82) is 0 Å². The number of rotatable bonds is 17. The van der Waals surface area contributed by atoms with E-state index in [1.165, 1.54) is 0 Å². The van der Waals surface area contributed by atoms with Crippen molar-refractivity contribution >= 4 is 23.3 Å². The molecule has 12 heteroatoms. The number of hydrogen-bond acceptors (Lipinski definition) is 9. The van der Waals surface area contributed by atoms with Crippen LogP contribution in [-0.2, 0) is 32.2 Å². The van der Waals surface area contributed by atoms with E-state index in [-0.39, 0.29) is 41.8 Å². The highest BCUT2D eigenvalue weighted by Gasteiger charge is 2.34. The molecular formula is C43H50N4O8. The van der Waals surface area contributed by atoms with E-state index in [9.17, 15) is 24.8 Å². The molecule has 0 saturated carbocycles. The predicted octanol–water partition coefficient (Wildman–Crippen LogP) is 7.16. The molecule has 4 aromatic carbocycles. The molecule has 0 radical (unpaired) electrons. The summed E-state index contributed by atoms with van der Waals surface area (Å²) in [6, 6.07) is 30.9. The van der Waals surface area contributed by atoms with Crippen LogP contribution in [0.5, 0.6) is 0 Å². The number of nitrogens with one attached hydrogen (secondary N) is 1. The van der Waals surface area contributed by atoms with Crippen LogP contribution in [-0.4, -0.2) is 70.7 Å². The highest BCUT2D eigenvalue weighted by Crippen LogP contribution is 2.39. The van der Waals surface area contributed by atoms with Gasteiger partial charge in [0.05, 0.1) is 23.7 Å². The largest absolute Gasteiger partial charge is 0.481 e. The number of aliphatic hydroxyl groups is 1. The van der Waals surface area contributed by atoms with E-state index in [1.54, 1.807) is 12.1 Å². The fourth-order valence-electron chi connectivity index (χ4n) is 7.22. The second kappa shape index (κ2) is 19.4. The van der Waals surface area contributed by atoms with Crippen LogP contribution in [0.2, 0.25) is 0 Å². The number of carboxylic acids is 1. The first-order chi connectivity index (χ1) is 26.7. The fourth-order valence-corrected chi connectivity index (χ4v) is 7.22. The molecule has 2 heterocycles. The highest BCUT2D eigenvalue weighted by molar-refractivity contribution is 5.76. The quantitative estimate of drug-likeness (QED) is 0.0575. The SMILES string of the molecule is O=C(O)CCCCCCC(=O)NCc1cccc(-c2cccc([C@@H]3O[C@H](CN4CCN(c5ccc([N+](=O)[O-])cc5)CC4)C[C@H](c4ccc(CO)cc4)O3)c2)c1. The zero-order valence-electron chi connectivity index (χ0n) is 31.1. The van der Waals surface area contributed by atoms with Crippen molar-refractivity contribution in [1.82, 2.24) is 10.2 Å². The summed E-state index contributed by atoms with van der Waals surface area (Å²) < 4.78 is 13.4. The molecule has 1 amide bonds. The molecular weight excluding hydrogens is 700 g/mol. The molecule has 0 bridgehead atoms. The lowest BCUT2D eigenvalue weighted by molar-refractivity contribution is -0.384. The van der Waals surface area contributed by atoms with Gasteiger partial charge in [0.25, 0.3) is 5.69 Å². The van der Waals surface area contributed by atoms with Crippen molar-refractivity contribution in [2.45, 2.75) is 76.6 Å². The Hall–Kier alpha value is -5.14. The van der Waals surface area contributed by atoms with Gasteiger partial charge < -0.3 is 29.9 Å². The number of non-ortho nitro benzene ring substituents is 1. The van der Waals surface area contributed by atoms with Crippen LogP contribution in [0.25, 0.3) is 11.1 Å². The monoisotopic (exact) mass is 750 g/mol. The molecule has 4 aromatic rings. The summed E-state index contributed by atoms with van der Waals surface area (Å²) in [6.07, 6.45) is 3.36. The van der Waals surface area contributed by atoms with Crippen LogP contribution in [0.15, 0.2) is 97.1 Å². The Balaban J connectivity index is 1.09. The summed E-state index contributed by atoms with van der Waals surface area (Å²) >= 11 is 0. The Morgan fingerprint density at radius 1 is 0.782 bits per heavy atom. The molecule has 2 aliphatic heterocycles. The van der Waals surface area contributed by atoms with Crippen molar-refractivity contribution in [3.63, 3.8) is 0 Å². The number of unbranched alkanes of at least 4 members (excludes halogenated alkanes) is 3. The number of benzene rings is 4. The minimum absolute atomic E-state index is 0.0151. The number of aliphatic hydroxyl groups excluding tert-OH is 1. The number of carboxylic acid groups (broad SMARTS) is 1. The van der Waals surface area contributed by atoms with Crippen molar-refractivity contribution in [3.05, 3.63) is 129 Å². The standard InChI is InChI=1S/C43H50N4O8/c48-30-31-13-15-33(16-14-31)40-27-39(29-45-21-23-46(24-22-45)37-17-19-38(20-18-37)47(52)53)54-43(55-40)36-10-6-9-35(26-36)34-8-5-7-32(25-34)28-44-41(49)11-3-1-2-4-12-42(50)51/h5-10,13-20,25-26,39-40,43,48H,1-4,11-12,21-24,27-30H2,(H,44,49)(H,50,51)/t39-,40+,43+/m0/s1. The smallest absolute Gasteiger partial charge is 0.303 e. The lowest BCUT2D eigenvalue weighted by atomic mass is 9.98. The average molecular weight is 751 g/mol. The predicted molar refractivity (Wildman–Crippen MR) is 209 cm³/mol. The van der Waals surface area contributed by atoms with Crippen LogP contribution in [0.4, 0.5) is 11.4 Å². The van der Waals surface area contributed by atoms with Gasteiger partial charge in [-0.1, -0.05) is 73.5 Å². The van der Waals surface area contributed by atoms with E-state index in [2.05, 4.69) is 39.4 Å². The van der Waals surface area contributed by atoms with Crippen molar-refractivity contribution in [2.24, 2.45) is 0 Å². The van der Waals surface area contributed by atoms with E-state index >= 15 is 0 Å². The van der Waals surface area contributed by atoms with Crippen LogP contribution in [0.1, 0.15) is 79.6 Å². The number of anilines is 1. The normalized spacial score (nSPS) is 18.9. The number of aliphatic carboxylic acids is 1. The number of carbonyl (C=O) groups excluding carboxylic acids is 1. The zero-order valence-corrected chi connectivity index (χ0v) is 31.1. The molecule has 0 aromatic heterocycles. The molecule has 0 spiro atoms. The molecule has 2 fully saturated rings. The maximum atomic E-state index is 12.5.